The zero-order valence-corrected chi connectivity index (χ0v) is 18.1. The smallest absolute Gasteiger partial charge is 0.153 e. The van der Waals surface area contributed by atoms with Gasteiger partial charge < -0.3 is 19.1 Å². The van der Waals surface area contributed by atoms with Gasteiger partial charge in [-0.2, -0.15) is 0 Å². The highest BCUT2D eigenvalue weighted by Gasteiger charge is 2.12. The average Bonchev–Trinajstić information content (AvgIpc) is 3.24. The van der Waals surface area contributed by atoms with E-state index in [9.17, 15) is 0 Å². The van der Waals surface area contributed by atoms with Crippen LogP contribution in [0.4, 0.5) is 0 Å². The van der Waals surface area contributed by atoms with Gasteiger partial charge in [0.1, 0.15) is 29.3 Å². The predicted molar refractivity (Wildman–Crippen MR) is 124 cm³/mol. The summed E-state index contributed by atoms with van der Waals surface area (Å²) in [4.78, 5) is 11.6. The summed E-state index contributed by atoms with van der Waals surface area (Å²) in [5, 5.41) is 1.02. The van der Waals surface area contributed by atoms with Crippen LogP contribution in [0.2, 0.25) is 0 Å². The molecule has 7 heteroatoms. The Balaban J connectivity index is 1.48. The van der Waals surface area contributed by atoms with Gasteiger partial charge in [-0.1, -0.05) is 18.2 Å². The molecule has 4 aromatic rings. The highest BCUT2D eigenvalue weighted by atomic mass is 16.5. The van der Waals surface area contributed by atoms with Crippen molar-refractivity contribution in [3.8, 4) is 22.9 Å². The second kappa shape index (κ2) is 8.72. The van der Waals surface area contributed by atoms with Gasteiger partial charge in [-0.3, -0.25) is 4.40 Å². The predicted octanol–water partition coefficient (Wildman–Crippen LogP) is 4.30. The molecule has 32 heavy (non-hydrogen) atoms. The van der Waals surface area contributed by atoms with Crippen molar-refractivity contribution in [2.24, 2.45) is 0 Å². The molecule has 3 aromatic heterocycles. The number of fused-ring (bicyclic) bond motifs is 2. The van der Waals surface area contributed by atoms with Crippen LogP contribution in [0.3, 0.4) is 0 Å². The summed E-state index contributed by atoms with van der Waals surface area (Å²) in [6.45, 7) is 1.85. The van der Waals surface area contributed by atoms with Gasteiger partial charge in [0.15, 0.2) is 5.75 Å². The molecule has 0 saturated heterocycles. The quantitative estimate of drug-likeness (QED) is 0.409. The minimum absolute atomic E-state index is 0.497. The molecule has 5 rings (SSSR count). The van der Waals surface area contributed by atoms with E-state index in [-0.39, 0.29) is 0 Å². The van der Waals surface area contributed by atoms with Crippen LogP contribution in [0, 0.1) is 0 Å². The lowest BCUT2D eigenvalue weighted by Gasteiger charge is -2.18. The van der Waals surface area contributed by atoms with Gasteiger partial charge in [0, 0.05) is 44.6 Å². The van der Waals surface area contributed by atoms with Crippen LogP contribution in [-0.2, 0) is 4.74 Å². The highest BCUT2D eigenvalue weighted by Crippen LogP contribution is 2.30. The molecule has 4 heterocycles. The Kier molecular flexibility index (Phi) is 5.47. The van der Waals surface area contributed by atoms with Gasteiger partial charge in [0.25, 0.3) is 0 Å². The number of benzene rings is 1. The lowest BCUT2D eigenvalue weighted by molar-refractivity contribution is 0.146. The van der Waals surface area contributed by atoms with Crippen molar-refractivity contribution in [2.45, 2.75) is 0 Å². The Morgan fingerprint density at radius 2 is 2.03 bits per heavy atom. The molecule has 0 saturated carbocycles. The van der Waals surface area contributed by atoms with E-state index in [2.05, 4.69) is 22.0 Å². The molecule has 0 amide bonds. The summed E-state index contributed by atoms with van der Waals surface area (Å²) < 4.78 is 18.9. The van der Waals surface area contributed by atoms with Gasteiger partial charge in [0.05, 0.1) is 24.2 Å². The van der Waals surface area contributed by atoms with Crippen LogP contribution in [0.25, 0.3) is 27.9 Å². The van der Waals surface area contributed by atoms with Crippen molar-refractivity contribution in [3.63, 3.8) is 0 Å². The molecule has 1 aliphatic heterocycles. The SMILES string of the molecule is COCCOc1ccn2c(-c3ccc4cccc(OC5=CCN(C)C=C5)c4n3)cnc2c1. The molecular weight excluding hydrogens is 404 g/mol. The fourth-order valence-electron chi connectivity index (χ4n) is 3.60. The number of hydrogen-bond acceptors (Lipinski definition) is 6. The van der Waals surface area contributed by atoms with E-state index >= 15 is 0 Å². The number of ether oxygens (including phenoxy) is 3. The molecule has 0 spiro atoms. The molecule has 0 bridgehead atoms. The Labute approximate surface area is 186 Å². The Morgan fingerprint density at radius 3 is 2.88 bits per heavy atom. The largest absolute Gasteiger partial charge is 0.491 e. The molecule has 1 aliphatic rings. The van der Waals surface area contributed by atoms with E-state index < -0.39 is 0 Å². The summed E-state index contributed by atoms with van der Waals surface area (Å²) in [6, 6.07) is 13.9. The van der Waals surface area contributed by atoms with Crippen molar-refractivity contribution in [2.75, 3.05) is 33.9 Å². The van der Waals surface area contributed by atoms with E-state index in [1.165, 1.54) is 0 Å². The number of hydrogen-bond donors (Lipinski definition) is 0. The van der Waals surface area contributed by atoms with Gasteiger partial charge in [-0.15, -0.1) is 0 Å². The minimum atomic E-state index is 0.497. The van der Waals surface area contributed by atoms with Gasteiger partial charge >= 0.3 is 0 Å². The maximum atomic E-state index is 6.18. The van der Waals surface area contributed by atoms with Crippen LogP contribution < -0.4 is 9.47 Å². The molecule has 0 aliphatic carbocycles. The molecule has 7 nitrogen and oxygen atoms in total. The van der Waals surface area contributed by atoms with E-state index in [0.717, 1.165) is 51.7 Å². The van der Waals surface area contributed by atoms with Crippen molar-refractivity contribution in [1.29, 1.82) is 0 Å². The molecular formula is C25H24N4O3. The van der Waals surface area contributed by atoms with Crippen molar-refractivity contribution in [1.82, 2.24) is 19.3 Å². The first-order chi connectivity index (χ1) is 15.7. The average molecular weight is 428 g/mol. The first kappa shape index (κ1) is 20.1. The maximum Gasteiger partial charge on any atom is 0.153 e. The molecule has 162 valence electrons. The van der Waals surface area contributed by atoms with E-state index in [0.29, 0.717) is 13.2 Å². The number of rotatable bonds is 7. The highest BCUT2D eigenvalue weighted by molar-refractivity contribution is 5.86. The molecule has 0 fully saturated rings. The third-order valence-electron chi connectivity index (χ3n) is 5.29. The lowest BCUT2D eigenvalue weighted by Crippen LogP contribution is -2.15. The number of allylic oxidation sites excluding steroid dienone is 1. The van der Waals surface area contributed by atoms with Crippen molar-refractivity contribution in [3.05, 3.63) is 79.0 Å². The summed E-state index contributed by atoms with van der Waals surface area (Å²) in [5.74, 6) is 2.30. The first-order valence-corrected chi connectivity index (χ1v) is 10.5. The summed E-state index contributed by atoms with van der Waals surface area (Å²) >= 11 is 0. The van der Waals surface area contributed by atoms with Gasteiger partial charge in [0.2, 0.25) is 0 Å². The topological polar surface area (TPSA) is 61.1 Å². The van der Waals surface area contributed by atoms with E-state index in [1.807, 2.05) is 72.5 Å². The number of pyridine rings is 2. The standard InChI is InChI=1S/C25H24N4O3/c1-28-11-8-19(9-12-28)32-23-5-3-4-18-6-7-21(27-25(18)23)22-17-26-24-16-20(10-13-29(22)24)31-15-14-30-2/h3-11,13,16-17H,12,14-15H2,1-2H3. The van der Waals surface area contributed by atoms with Crippen LogP contribution in [0.15, 0.2) is 79.0 Å². The summed E-state index contributed by atoms with van der Waals surface area (Å²) in [7, 11) is 3.68. The Morgan fingerprint density at radius 1 is 1.09 bits per heavy atom. The fourth-order valence-corrected chi connectivity index (χ4v) is 3.60. The second-order valence-corrected chi connectivity index (χ2v) is 7.56. The zero-order chi connectivity index (χ0) is 21.9. The van der Waals surface area contributed by atoms with Gasteiger partial charge in [-0.25, -0.2) is 9.97 Å². The minimum Gasteiger partial charge on any atom is -0.491 e. The van der Waals surface area contributed by atoms with Crippen LogP contribution >= 0.6 is 0 Å². The zero-order valence-electron chi connectivity index (χ0n) is 18.1. The monoisotopic (exact) mass is 428 g/mol. The van der Waals surface area contributed by atoms with E-state index in [1.54, 1.807) is 7.11 Å². The Hall–Kier alpha value is -3.84. The van der Waals surface area contributed by atoms with Crippen LogP contribution in [-0.4, -0.2) is 53.2 Å². The number of methoxy groups -OCH3 is 1. The third-order valence-corrected chi connectivity index (χ3v) is 5.29. The maximum absolute atomic E-state index is 6.18. The van der Waals surface area contributed by atoms with Crippen molar-refractivity contribution >= 4 is 16.6 Å². The molecule has 0 unspecified atom stereocenters. The van der Waals surface area contributed by atoms with Gasteiger partial charge in [-0.05, 0) is 30.4 Å². The molecule has 0 atom stereocenters. The van der Waals surface area contributed by atoms with Crippen LogP contribution in [0.1, 0.15) is 0 Å². The Bertz CT molecular complexity index is 1330. The number of aromatic nitrogens is 3. The number of imidazole rings is 1. The number of likely N-dealkylation sites (N-methyl/N-ethyl adjacent to an activating group) is 1. The summed E-state index contributed by atoms with van der Waals surface area (Å²) in [5.41, 5.74) is 3.33. The van der Waals surface area contributed by atoms with Crippen molar-refractivity contribution < 1.29 is 14.2 Å². The number of nitrogens with zero attached hydrogens (tertiary/aromatic N) is 4. The molecule has 0 radical (unpaired) electrons. The molecule has 1 aromatic carbocycles. The van der Waals surface area contributed by atoms with E-state index in [4.69, 9.17) is 19.2 Å². The van der Waals surface area contributed by atoms with Crippen LogP contribution in [0.5, 0.6) is 11.5 Å². The normalized spacial score (nSPS) is 13.6. The fraction of sp³-hybridized carbons (Fsp3) is 0.200. The molecule has 0 N–H and O–H groups in total. The second-order valence-electron chi connectivity index (χ2n) is 7.56. The summed E-state index contributed by atoms with van der Waals surface area (Å²) in [6.07, 6.45) is 9.80. The third kappa shape index (κ3) is 4.02. The first-order valence-electron chi connectivity index (χ1n) is 10.5. The lowest BCUT2D eigenvalue weighted by atomic mass is 10.1. The number of para-hydroxylation sites is 1.